The molecule has 0 radical (unpaired) electrons. The van der Waals surface area contributed by atoms with Gasteiger partial charge in [-0.2, -0.15) is 0 Å². The van der Waals surface area contributed by atoms with E-state index in [2.05, 4.69) is 15.3 Å². The normalized spacial score (nSPS) is 10.8. The van der Waals surface area contributed by atoms with E-state index >= 15 is 0 Å². The second-order valence-corrected chi connectivity index (χ2v) is 4.83. The van der Waals surface area contributed by atoms with E-state index in [1.807, 2.05) is 24.3 Å². The molecule has 8 heteroatoms. The van der Waals surface area contributed by atoms with Crippen molar-refractivity contribution >= 4 is 22.6 Å². The molecule has 0 bridgehead atoms. The van der Waals surface area contributed by atoms with Gasteiger partial charge in [0.15, 0.2) is 0 Å². The molecule has 2 aromatic heterocycles. The molecule has 22 heavy (non-hydrogen) atoms. The van der Waals surface area contributed by atoms with E-state index in [-0.39, 0.29) is 17.9 Å². The number of amides is 1. The summed E-state index contributed by atoms with van der Waals surface area (Å²) in [4.78, 5) is 29.7. The van der Waals surface area contributed by atoms with Gasteiger partial charge in [0.05, 0.1) is 28.7 Å². The van der Waals surface area contributed by atoms with Gasteiger partial charge >= 0.3 is 0 Å². The van der Waals surface area contributed by atoms with E-state index < -0.39 is 10.8 Å². The largest absolute Gasteiger partial charge is 0.344 e. The Morgan fingerprint density at radius 2 is 2.23 bits per heavy atom. The summed E-state index contributed by atoms with van der Waals surface area (Å²) < 4.78 is 1.42. The summed E-state index contributed by atoms with van der Waals surface area (Å²) in [6.45, 7) is 0.215. The Hall–Kier alpha value is -3.16. The minimum Gasteiger partial charge on any atom is -0.344 e. The number of aromatic nitrogens is 3. The fraction of sp³-hybridized carbons (Fsp3) is 0.143. The zero-order chi connectivity index (χ0) is 15.7. The van der Waals surface area contributed by atoms with Gasteiger partial charge in [-0.15, -0.1) is 0 Å². The van der Waals surface area contributed by atoms with Crippen LogP contribution in [0.25, 0.3) is 11.0 Å². The molecule has 0 fully saturated rings. The van der Waals surface area contributed by atoms with E-state index in [1.165, 1.54) is 16.8 Å². The maximum atomic E-state index is 12.1. The van der Waals surface area contributed by atoms with Crippen LogP contribution >= 0.6 is 0 Å². The number of nitrogens with zero attached hydrogens (tertiary/aromatic N) is 3. The highest BCUT2D eigenvalue weighted by atomic mass is 16.6. The SMILES string of the molecule is Cn1cc([N+](=O)[O-])cc1C(=O)NCc1nc2ccccc2[nH]1. The van der Waals surface area contributed by atoms with Crippen molar-refractivity contribution in [1.29, 1.82) is 0 Å². The van der Waals surface area contributed by atoms with Crippen molar-refractivity contribution in [1.82, 2.24) is 19.9 Å². The van der Waals surface area contributed by atoms with Crippen LogP contribution in [0.1, 0.15) is 16.3 Å². The number of H-pyrrole nitrogens is 1. The third-order valence-electron chi connectivity index (χ3n) is 3.29. The Kier molecular flexibility index (Phi) is 3.34. The number of imidazole rings is 1. The molecule has 1 amide bonds. The van der Waals surface area contributed by atoms with E-state index in [0.29, 0.717) is 5.82 Å². The number of aryl methyl sites for hydroxylation is 1. The number of hydrogen-bond acceptors (Lipinski definition) is 4. The molecule has 2 N–H and O–H groups in total. The van der Waals surface area contributed by atoms with Crippen molar-refractivity contribution in [3.63, 3.8) is 0 Å². The first-order valence-corrected chi connectivity index (χ1v) is 6.57. The molecular weight excluding hydrogens is 286 g/mol. The number of nitrogens with one attached hydrogen (secondary N) is 2. The second-order valence-electron chi connectivity index (χ2n) is 4.83. The summed E-state index contributed by atoms with van der Waals surface area (Å²) in [7, 11) is 1.59. The Labute approximate surface area is 124 Å². The molecule has 0 unspecified atom stereocenters. The van der Waals surface area contributed by atoms with E-state index in [1.54, 1.807) is 7.05 Å². The number of carbonyl (C=O) groups excluding carboxylic acids is 1. The van der Waals surface area contributed by atoms with Crippen LogP contribution in [0.4, 0.5) is 5.69 Å². The Morgan fingerprint density at radius 1 is 1.45 bits per heavy atom. The molecule has 0 aliphatic carbocycles. The fourth-order valence-electron chi connectivity index (χ4n) is 2.22. The Balaban J connectivity index is 1.73. The average Bonchev–Trinajstić information content (AvgIpc) is 3.07. The summed E-state index contributed by atoms with van der Waals surface area (Å²) in [6.07, 6.45) is 1.30. The van der Waals surface area contributed by atoms with Crippen LogP contribution in [0.5, 0.6) is 0 Å². The minimum absolute atomic E-state index is 0.114. The zero-order valence-electron chi connectivity index (χ0n) is 11.7. The summed E-state index contributed by atoms with van der Waals surface area (Å²) in [6, 6.07) is 8.79. The fourth-order valence-corrected chi connectivity index (χ4v) is 2.22. The van der Waals surface area contributed by atoms with E-state index in [9.17, 15) is 14.9 Å². The van der Waals surface area contributed by atoms with Crippen LogP contribution in [0.2, 0.25) is 0 Å². The lowest BCUT2D eigenvalue weighted by atomic mass is 10.3. The number of benzene rings is 1. The third kappa shape index (κ3) is 2.53. The lowest BCUT2D eigenvalue weighted by Gasteiger charge is -2.03. The molecule has 112 valence electrons. The molecule has 0 aliphatic heterocycles. The minimum atomic E-state index is -0.532. The predicted molar refractivity (Wildman–Crippen MR) is 79.3 cm³/mol. The van der Waals surface area contributed by atoms with Crippen molar-refractivity contribution in [2.75, 3.05) is 0 Å². The number of aromatic amines is 1. The van der Waals surface area contributed by atoms with Crippen LogP contribution in [0, 0.1) is 10.1 Å². The van der Waals surface area contributed by atoms with Gasteiger partial charge < -0.3 is 14.9 Å². The Morgan fingerprint density at radius 3 is 2.91 bits per heavy atom. The van der Waals surface area contributed by atoms with Crippen molar-refractivity contribution in [3.05, 3.63) is 58.2 Å². The van der Waals surface area contributed by atoms with Crippen molar-refractivity contribution < 1.29 is 9.72 Å². The molecule has 0 aliphatic rings. The Bertz CT molecular complexity index is 831. The highest BCUT2D eigenvalue weighted by Gasteiger charge is 2.17. The molecule has 8 nitrogen and oxygen atoms in total. The van der Waals surface area contributed by atoms with Gasteiger partial charge in [0.25, 0.3) is 11.6 Å². The molecule has 3 aromatic rings. The number of para-hydroxylation sites is 2. The van der Waals surface area contributed by atoms with Crippen LogP contribution in [-0.2, 0) is 13.6 Å². The molecular formula is C14H13N5O3. The first kappa shape index (κ1) is 13.8. The van der Waals surface area contributed by atoms with Gasteiger partial charge in [-0.05, 0) is 12.1 Å². The van der Waals surface area contributed by atoms with Gasteiger partial charge in [-0.1, -0.05) is 12.1 Å². The molecule has 1 aromatic carbocycles. The van der Waals surface area contributed by atoms with Crippen molar-refractivity contribution in [3.8, 4) is 0 Å². The standard InChI is InChI=1S/C14H13N5O3/c1-18-8-9(19(21)22)6-12(18)14(20)15-7-13-16-10-4-2-3-5-11(10)17-13/h2-6,8H,7H2,1H3,(H,15,20)(H,16,17). The number of nitro groups is 1. The zero-order valence-corrected chi connectivity index (χ0v) is 11.7. The molecule has 2 heterocycles. The highest BCUT2D eigenvalue weighted by molar-refractivity contribution is 5.93. The number of carbonyl (C=O) groups is 1. The van der Waals surface area contributed by atoms with Crippen LogP contribution < -0.4 is 5.32 Å². The number of rotatable bonds is 4. The number of fused-ring (bicyclic) bond motifs is 1. The van der Waals surface area contributed by atoms with Crippen molar-refractivity contribution in [2.24, 2.45) is 7.05 Å². The maximum Gasteiger partial charge on any atom is 0.287 e. The van der Waals surface area contributed by atoms with Gasteiger partial charge in [0.2, 0.25) is 0 Å². The monoisotopic (exact) mass is 299 g/mol. The first-order chi connectivity index (χ1) is 10.5. The summed E-state index contributed by atoms with van der Waals surface area (Å²) in [5.41, 5.74) is 1.82. The summed E-state index contributed by atoms with van der Waals surface area (Å²) >= 11 is 0. The lowest BCUT2D eigenvalue weighted by Crippen LogP contribution is -2.25. The average molecular weight is 299 g/mol. The summed E-state index contributed by atoms with van der Waals surface area (Å²) in [5, 5.41) is 13.4. The van der Waals surface area contributed by atoms with Crippen LogP contribution in [-0.4, -0.2) is 25.4 Å². The lowest BCUT2D eigenvalue weighted by molar-refractivity contribution is -0.384. The quantitative estimate of drug-likeness (QED) is 0.565. The van der Waals surface area contributed by atoms with E-state index in [0.717, 1.165) is 11.0 Å². The van der Waals surface area contributed by atoms with Gasteiger partial charge in [0.1, 0.15) is 11.5 Å². The topological polar surface area (TPSA) is 106 Å². The molecule has 0 saturated heterocycles. The predicted octanol–water partition coefficient (Wildman–Crippen LogP) is 1.74. The van der Waals surface area contributed by atoms with Gasteiger partial charge in [-0.25, -0.2) is 4.98 Å². The molecule has 0 atom stereocenters. The molecule has 0 saturated carbocycles. The van der Waals surface area contributed by atoms with Crippen molar-refractivity contribution in [2.45, 2.75) is 6.54 Å². The van der Waals surface area contributed by atoms with Gasteiger partial charge in [-0.3, -0.25) is 14.9 Å². The summed E-state index contributed by atoms with van der Waals surface area (Å²) in [5.74, 6) is 0.231. The maximum absolute atomic E-state index is 12.1. The van der Waals surface area contributed by atoms with Crippen LogP contribution in [0.3, 0.4) is 0 Å². The first-order valence-electron chi connectivity index (χ1n) is 6.57. The molecule has 0 spiro atoms. The molecule has 3 rings (SSSR count). The third-order valence-corrected chi connectivity index (χ3v) is 3.29. The smallest absolute Gasteiger partial charge is 0.287 e. The van der Waals surface area contributed by atoms with E-state index in [4.69, 9.17) is 0 Å². The number of hydrogen-bond donors (Lipinski definition) is 2. The highest BCUT2D eigenvalue weighted by Crippen LogP contribution is 2.15. The van der Waals surface area contributed by atoms with Gasteiger partial charge in [0, 0.05) is 13.1 Å². The second kappa shape index (κ2) is 5.32. The van der Waals surface area contributed by atoms with Crippen LogP contribution in [0.15, 0.2) is 36.5 Å².